The number of carbonyl (C=O) groups is 1. The first-order valence-corrected chi connectivity index (χ1v) is 4.32. The van der Waals surface area contributed by atoms with Crippen LogP contribution in [0.3, 0.4) is 0 Å². The lowest BCUT2D eigenvalue weighted by molar-refractivity contribution is 0.251. The number of hydrogen-bond acceptors (Lipinski definition) is 3. The second-order valence-electron chi connectivity index (χ2n) is 3.09. The van der Waals surface area contributed by atoms with Gasteiger partial charge in [0, 0.05) is 11.6 Å². The third kappa shape index (κ3) is 1.47. The van der Waals surface area contributed by atoms with Crippen LogP contribution in [-0.2, 0) is 4.79 Å². The van der Waals surface area contributed by atoms with Gasteiger partial charge in [-0.05, 0) is 18.2 Å². The highest BCUT2D eigenvalue weighted by Gasteiger charge is 2.11. The van der Waals surface area contributed by atoms with E-state index in [-0.39, 0.29) is 11.2 Å². The molecule has 80 valence electrons. The number of fused-ring (bicyclic) bond motifs is 1. The molecule has 0 saturated heterocycles. The molecule has 1 aromatic heterocycles. The highest BCUT2D eigenvalue weighted by atomic mass is 19.1. The maximum absolute atomic E-state index is 13.0. The Morgan fingerprint density at radius 3 is 2.88 bits per heavy atom. The molecular formula is C10H6FN3O2. The number of aliphatic imine (C=N–C) groups is 1. The third-order valence-electron chi connectivity index (χ3n) is 2.15. The molecule has 16 heavy (non-hydrogen) atoms. The Balaban J connectivity index is 2.86. The molecule has 0 aliphatic carbocycles. The number of benzene rings is 1. The van der Waals surface area contributed by atoms with E-state index in [1.54, 1.807) is 0 Å². The molecule has 0 radical (unpaired) electrons. The van der Waals surface area contributed by atoms with Crippen LogP contribution >= 0.6 is 0 Å². The number of isocyanates is 1. The summed E-state index contributed by atoms with van der Waals surface area (Å²) in [6.45, 7) is 0. The summed E-state index contributed by atoms with van der Waals surface area (Å²) in [6, 6.07) is 2.99. The molecule has 0 fully saturated rings. The van der Waals surface area contributed by atoms with E-state index >= 15 is 0 Å². The number of aromatic nitrogens is 1. The zero-order valence-corrected chi connectivity index (χ0v) is 7.98. The van der Waals surface area contributed by atoms with E-state index < -0.39 is 11.8 Å². The van der Waals surface area contributed by atoms with Crippen LogP contribution in [0.4, 0.5) is 14.9 Å². The normalized spacial score (nSPS) is 10.1. The molecule has 1 amide bonds. The van der Waals surface area contributed by atoms with Gasteiger partial charge in [-0.15, -0.1) is 0 Å². The van der Waals surface area contributed by atoms with Crippen molar-refractivity contribution in [2.24, 2.45) is 10.7 Å². The molecule has 0 saturated carbocycles. The number of nitrogens with two attached hydrogens (primary N) is 1. The summed E-state index contributed by atoms with van der Waals surface area (Å²) in [5, 5.41) is 0.462. The van der Waals surface area contributed by atoms with Gasteiger partial charge < -0.3 is 5.73 Å². The molecule has 2 aromatic rings. The van der Waals surface area contributed by atoms with Gasteiger partial charge in [0.2, 0.25) is 6.08 Å². The maximum atomic E-state index is 13.0. The second-order valence-corrected chi connectivity index (χ2v) is 3.09. The van der Waals surface area contributed by atoms with Crippen molar-refractivity contribution in [3.05, 3.63) is 30.2 Å². The van der Waals surface area contributed by atoms with Gasteiger partial charge in [0.05, 0.1) is 5.52 Å². The molecule has 5 nitrogen and oxygen atoms in total. The standard InChI is InChI=1S/C10H6FN3O2/c11-6-1-2-7-8(13-5-15)4-14(10(12)16)9(7)3-6/h1-4H,(H2,12,16). The molecule has 0 aliphatic rings. The Kier molecular flexibility index (Phi) is 2.27. The average molecular weight is 219 g/mol. The number of hydrogen-bond donors (Lipinski definition) is 1. The van der Waals surface area contributed by atoms with Crippen LogP contribution in [0.1, 0.15) is 0 Å². The summed E-state index contributed by atoms with van der Waals surface area (Å²) in [4.78, 5) is 24.7. The van der Waals surface area contributed by atoms with Crippen molar-refractivity contribution in [1.82, 2.24) is 4.57 Å². The van der Waals surface area contributed by atoms with E-state index in [9.17, 15) is 14.0 Å². The van der Waals surface area contributed by atoms with Gasteiger partial charge in [-0.25, -0.2) is 14.0 Å². The quantitative estimate of drug-likeness (QED) is 0.585. The van der Waals surface area contributed by atoms with E-state index in [1.165, 1.54) is 24.4 Å². The summed E-state index contributed by atoms with van der Waals surface area (Å²) in [5.74, 6) is -0.505. The van der Waals surface area contributed by atoms with E-state index in [1.807, 2.05) is 0 Å². The lowest BCUT2D eigenvalue weighted by Gasteiger charge is -1.97. The SMILES string of the molecule is NC(=O)n1cc(N=C=O)c2ccc(F)cc21. The average Bonchev–Trinajstić information content (AvgIpc) is 2.57. The molecule has 2 N–H and O–H groups in total. The molecule has 0 atom stereocenters. The lowest BCUT2D eigenvalue weighted by Crippen LogP contribution is -2.18. The van der Waals surface area contributed by atoms with Gasteiger partial charge in [-0.3, -0.25) is 4.57 Å². The van der Waals surface area contributed by atoms with Crippen molar-refractivity contribution >= 4 is 28.7 Å². The summed E-state index contributed by atoms with van der Waals surface area (Å²) in [6.07, 6.45) is 2.62. The van der Waals surface area contributed by atoms with Crippen LogP contribution in [-0.4, -0.2) is 16.7 Å². The van der Waals surface area contributed by atoms with Gasteiger partial charge in [-0.1, -0.05) is 0 Å². The minimum absolute atomic E-state index is 0.226. The fourth-order valence-electron chi connectivity index (χ4n) is 1.50. The number of amides is 1. The summed E-state index contributed by atoms with van der Waals surface area (Å²) < 4.78 is 14.0. The van der Waals surface area contributed by atoms with E-state index in [2.05, 4.69) is 4.99 Å². The monoisotopic (exact) mass is 219 g/mol. The lowest BCUT2D eigenvalue weighted by atomic mass is 10.2. The molecule has 0 bridgehead atoms. The number of nitrogens with zero attached hydrogens (tertiary/aromatic N) is 2. The Bertz CT molecular complexity index is 626. The minimum atomic E-state index is -0.775. The number of rotatable bonds is 1. The van der Waals surface area contributed by atoms with Crippen molar-refractivity contribution in [2.75, 3.05) is 0 Å². The van der Waals surface area contributed by atoms with Crippen LogP contribution < -0.4 is 5.73 Å². The summed E-state index contributed by atoms with van der Waals surface area (Å²) >= 11 is 0. The van der Waals surface area contributed by atoms with Crippen molar-refractivity contribution in [3.8, 4) is 0 Å². The first-order valence-electron chi connectivity index (χ1n) is 4.32. The Morgan fingerprint density at radius 2 is 2.25 bits per heavy atom. The number of carbonyl (C=O) groups excluding carboxylic acids is 2. The molecule has 6 heteroatoms. The van der Waals surface area contributed by atoms with E-state index in [4.69, 9.17) is 5.73 Å². The second kappa shape index (κ2) is 3.60. The van der Waals surface area contributed by atoms with Gasteiger partial charge >= 0.3 is 6.03 Å². The predicted octanol–water partition coefficient (Wildman–Crippen LogP) is 1.67. The number of halogens is 1. The Morgan fingerprint density at radius 1 is 1.50 bits per heavy atom. The van der Waals surface area contributed by atoms with Crippen molar-refractivity contribution < 1.29 is 14.0 Å². The third-order valence-corrected chi connectivity index (χ3v) is 2.15. The zero-order valence-electron chi connectivity index (χ0n) is 7.98. The summed E-state index contributed by atoms with van der Waals surface area (Å²) in [7, 11) is 0. The molecule has 0 spiro atoms. The molecule has 1 heterocycles. The molecule has 0 unspecified atom stereocenters. The van der Waals surface area contributed by atoms with Crippen LogP contribution in [0.2, 0.25) is 0 Å². The zero-order chi connectivity index (χ0) is 11.7. The van der Waals surface area contributed by atoms with Gasteiger partial charge in [0.1, 0.15) is 11.5 Å². The van der Waals surface area contributed by atoms with Crippen LogP contribution in [0.15, 0.2) is 29.4 Å². The van der Waals surface area contributed by atoms with Crippen molar-refractivity contribution in [2.45, 2.75) is 0 Å². The van der Waals surface area contributed by atoms with Crippen LogP contribution in [0.25, 0.3) is 10.9 Å². The van der Waals surface area contributed by atoms with Crippen molar-refractivity contribution in [3.63, 3.8) is 0 Å². The van der Waals surface area contributed by atoms with Gasteiger partial charge in [-0.2, -0.15) is 4.99 Å². The van der Waals surface area contributed by atoms with Crippen LogP contribution in [0.5, 0.6) is 0 Å². The predicted molar refractivity (Wildman–Crippen MR) is 54.7 cm³/mol. The highest BCUT2D eigenvalue weighted by Crippen LogP contribution is 2.28. The van der Waals surface area contributed by atoms with Crippen LogP contribution in [0, 0.1) is 5.82 Å². The van der Waals surface area contributed by atoms with Gasteiger partial charge in [0.25, 0.3) is 0 Å². The van der Waals surface area contributed by atoms with E-state index in [0.29, 0.717) is 5.39 Å². The fourth-order valence-corrected chi connectivity index (χ4v) is 1.50. The molecule has 0 aliphatic heterocycles. The molecule has 1 aromatic carbocycles. The van der Waals surface area contributed by atoms with Gasteiger partial charge in [0.15, 0.2) is 0 Å². The van der Waals surface area contributed by atoms with Crippen molar-refractivity contribution in [1.29, 1.82) is 0 Å². The Hall–Kier alpha value is -2.46. The largest absolute Gasteiger partial charge is 0.351 e. The molecular weight excluding hydrogens is 213 g/mol. The highest BCUT2D eigenvalue weighted by molar-refractivity contribution is 5.98. The summed E-state index contributed by atoms with van der Waals surface area (Å²) in [5.41, 5.74) is 5.59. The first-order chi connectivity index (χ1) is 7.63. The fraction of sp³-hybridized carbons (Fsp3) is 0. The number of primary amides is 1. The topological polar surface area (TPSA) is 77.5 Å². The van der Waals surface area contributed by atoms with E-state index in [0.717, 1.165) is 10.6 Å². The first kappa shape index (κ1) is 10.1. The minimum Gasteiger partial charge on any atom is -0.351 e. The molecule has 2 rings (SSSR count). The Labute approximate surface area is 89.0 Å². The maximum Gasteiger partial charge on any atom is 0.323 e. The smallest absolute Gasteiger partial charge is 0.323 e.